The third kappa shape index (κ3) is 3.23. The quantitative estimate of drug-likeness (QED) is 0.884. The maximum absolute atomic E-state index is 5.39. The van der Waals surface area contributed by atoms with Gasteiger partial charge in [0.1, 0.15) is 11.5 Å². The van der Waals surface area contributed by atoms with Gasteiger partial charge in [-0.15, -0.1) is 0 Å². The van der Waals surface area contributed by atoms with E-state index in [2.05, 4.69) is 43.4 Å². The highest BCUT2D eigenvalue weighted by molar-refractivity contribution is 5.60. The number of ether oxygens (including phenoxy) is 2. The summed E-state index contributed by atoms with van der Waals surface area (Å²) in [6.45, 7) is 4.23. The zero-order valence-corrected chi connectivity index (χ0v) is 12.4. The first kappa shape index (κ1) is 14.3. The lowest BCUT2D eigenvalue weighted by Gasteiger charge is -2.19. The number of nitrogens with one attached hydrogen (secondary N) is 1. The van der Waals surface area contributed by atoms with Gasteiger partial charge in [0.05, 0.1) is 19.9 Å². The Morgan fingerprint density at radius 3 is 2.45 bits per heavy atom. The van der Waals surface area contributed by atoms with E-state index < -0.39 is 0 Å². The second-order valence-electron chi connectivity index (χ2n) is 4.85. The first-order valence-corrected chi connectivity index (χ1v) is 6.69. The van der Waals surface area contributed by atoms with Gasteiger partial charge in [0.15, 0.2) is 0 Å². The molecule has 0 saturated heterocycles. The van der Waals surface area contributed by atoms with Crippen molar-refractivity contribution in [3.8, 4) is 11.5 Å². The molecule has 20 heavy (non-hydrogen) atoms. The molecule has 2 aromatic carbocycles. The Morgan fingerprint density at radius 1 is 1.00 bits per heavy atom. The third-order valence-corrected chi connectivity index (χ3v) is 3.32. The van der Waals surface area contributed by atoms with Crippen LogP contribution >= 0.6 is 0 Å². The highest BCUT2D eigenvalue weighted by Crippen LogP contribution is 2.31. The SMILES string of the molecule is COc1ccc(OC)c(NC(C)c2cccc(C)c2)c1. The van der Waals surface area contributed by atoms with Crippen molar-refractivity contribution >= 4 is 5.69 Å². The average Bonchev–Trinajstić information content (AvgIpc) is 2.47. The summed E-state index contributed by atoms with van der Waals surface area (Å²) in [5.41, 5.74) is 3.43. The summed E-state index contributed by atoms with van der Waals surface area (Å²) in [5, 5.41) is 3.47. The predicted molar refractivity (Wildman–Crippen MR) is 82.8 cm³/mol. The monoisotopic (exact) mass is 271 g/mol. The highest BCUT2D eigenvalue weighted by atomic mass is 16.5. The summed E-state index contributed by atoms with van der Waals surface area (Å²) in [7, 11) is 3.33. The van der Waals surface area contributed by atoms with E-state index in [1.54, 1.807) is 14.2 Å². The molecule has 106 valence electrons. The number of anilines is 1. The van der Waals surface area contributed by atoms with Crippen LogP contribution in [-0.2, 0) is 0 Å². The van der Waals surface area contributed by atoms with Gasteiger partial charge >= 0.3 is 0 Å². The van der Waals surface area contributed by atoms with E-state index >= 15 is 0 Å². The molecule has 0 spiro atoms. The largest absolute Gasteiger partial charge is 0.497 e. The molecular weight excluding hydrogens is 250 g/mol. The molecule has 0 amide bonds. The molecule has 0 aliphatic heterocycles. The van der Waals surface area contributed by atoms with Crippen molar-refractivity contribution in [1.82, 2.24) is 0 Å². The molecule has 1 unspecified atom stereocenters. The van der Waals surface area contributed by atoms with Crippen molar-refractivity contribution in [2.24, 2.45) is 0 Å². The van der Waals surface area contributed by atoms with Crippen molar-refractivity contribution in [2.75, 3.05) is 19.5 Å². The van der Waals surface area contributed by atoms with Crippen molar-refractivity contribution in [3.63, 3.8) is 0 Å². The van der Waals surface area contributed by atoms with E-state index in [-0.39, 0.29) is 6.04 Å². The van der Waals surface area contributed by atoms with Gasteiger partial charge in [-0.1, -0.05) is 29.8 Å². The molecule has 2 aromatic rings. The van der Waals surface area contributed by atoms with Crippen molar-refractivity contribution in [2.45, 2.75) is 19.9 Å². The number of hydrogen-bond acceptors (Lipinski definition) is 3. The van der Waals surface area contributed by atoms with Crippen LogP contribution in [0.5, 0.6) is 11.5 Å². The van der Waals surface area contributed by atoms with E-state index in [0.29, 0.717) is 0 Å². The van der Waals surface area contributed by atoms with E-state index in [0.717, 1.165) is 17.2 Å². The molecule has 0 aliphatic carbocycles. The minimum atomic E-state index is 0.191. The van der Waals surface area contributed by atoms with Gasteiger partial charge in [-0.2, -0.15) is 0 Å². The summed E-state index contributed by atoms with van der Waals surface area (Å²) in [6.07, 6.45) is 0. The maximum Gasteiger partial charge on any atom is 0.142 e. The van der Waals surface area contributed by atoms with E-state index in [9.17, 15) is 0 Å². The number of aryl methyl sites for hydroxylation is 1. The summed E-state index contributed by atoms with van der Waals surface area (Å²) in [5.74, 6) is 1.62. The fourth-order valence-corrected chi connectivity index (χ4v) is 2.18. The van der Waals surface area contributed by atoms with Crippen LogP contribution < -0.4 is 14.8 Å². The Labute approximate surface area is 120 Å². The summed E-state index contributed by atoms with van der Waals surface area (Å²) in [4.78, 5) is 0. The van der Waals surface area contributed by atoms with Crippen molar-refractivity contribution in [3.05, 3.63) is 53.6 Å². The van der Waals surface area contributed by atoms with Crippen LogP contribution in [0.25, 0.3) is 0 Å². The van der Waals surface area contributed by atoms with Gasteiger partial charge in [-0.25, -0.2) is 0 Å². The lowest BCUT2D eigenvalue weighted by Crippen LogP contribution is -2.08. The molecule has 0 radical (unpaired) electrons. The fourth-order valence-electron chi connectivity index (χ4n) is 2.18. The van der Waals surface area contributed by atoms with Gasteiger partial charge < -0.3 is 14.8 Å². The zero-order chi connectivity index (χ0) is 14.5. The topological polar surface area (TPSA) is 30.5 Å². The van der Waals surface area contributed by atoms with E-state index in [1.807, 2.05) is 18.2 Å². The first-order valence-electron chi connectivity index (χ1n) is 6.69. The summed E-state index contributed by atoms with van der Waals surface area (Å²) >= 11 is 0. The Balaban J connectivity index is 2.24. The Kier molecular flexibility index (Phi) is 4.51. The number of methoxy groups -OCH3 is 2. The van der Waals surface area contributed by atoms with Gasteiger partial charge in [0.2, 0.25) is 0 Å². The molecule has 3 heteroatoms. The fraction of sp³-hybridized carbons (Fsp3) is 0.294. The van der Waals surface area contributed by atoms with Crippen LogP contribution in [-0.4, -0.2) is 14.2 Å². The number of hydrogen-bond donors (Lipinski definition) is 1. The lowest BCUT2D eigenvalue weighted by molar-refractivity contribution is 0.404. The van der Waals surface area contributed by atoms with Gasteiger partial charge in [-0.05, 0) is 31.5 Å². The molecule has 3 nitrogen and oxygen atoms in total. The Hall–Kier alpha value is -2.16. The molecule has 0 heterocycles. The molecule has 1 N–H and O–H groups in total. The smallest absolute Gasteiger partial charge is 0.142 e. The van der Waals surface area contributed by atoms with Gasteiger partial charge in [0, 0.05) is 12.1 Å². The normalized spacial score (nSPS) is 11.8. The Bertz CT molecular complexity index is 581. The molecule has 0 saturated carbocycles. The van der Waals surface area contributed by atoms with E-state index in [4.69, 9.17) is 9.47 Å². The van der Waals surface area contributed by atoms with Crippen LogP contribution in [0.15, 0.2) is 42.5 Å². The van der Waals surface area contributed by atoms with Gasteiger partial charge in [0.25, 0.3) is 0 Å². The standard InChI is InChI=1S/C17H21NO2/c1-12-6-5-7-14(10-12)13(2)18-16-11-15(19-3)8-9-17(16)20-4/h5-11,13,18H,1-4H3. The van der Waals surface area contributed by atoms with Crippen LogP contribution in [0.2, 0.25) is 0 Å². The van der Waals surface area contributed by atoms with Crippen LogP contribution in [0.4, 0.5) is 5.69 Å². The molecule has 2 rings (SSSR count). The number of rotatable bonds is 5. The summed E-state index contributed by atoms with van der Waals surface area (Å²) < 4.78 is 10.7. The zero-order valence-electron chi connectivity index (χ0n) is 12.4. The molecule has 0 bridgehead atoms. The number of benzene rings is 2. The molecule has 0 aromatic heterocycles. The lowest BCUT2D eigenvalue weighted by atomic mass is 10.1. The molecular formula is C17H21NO2. The van der Waals surface area contributed by atoms with Crippen molar-refractivity contribution < 1.29 is 9.47 Å². The second-order valence-corrected chi connectivity index (χ2v) is 4.85. The molecule has 0 fully saturated rings. The average molecular weight is 271 g/mol. The van der Waals surface area contributed by atoms with Crippen molar-refractivity contribution in [1.29, 1.82) is 0 Å². The molecule has 1 atom stereocenters. The van der Waals surface area contributed by atoms with Gasteiger partial charge in [-0.3, -0.25) is 0 Å². The third-order valence-electron chi connectivity index (χ3n) is 3.32. The Morgan fingerprint density at radius 2 is 1.80 bits per heavy atom. The first-order chi connectivity index (χ1) is 9.63. The predicted octanol–water partition coefficient (Wildman–Crippen LogP) is 4.19. The maximum atomic E-state index is 5.39. The van der Waals surface area contributed by atoms with E-state index in [1.165, 1.54) is 11.1 Å². The minimum absolute atomic E-state index is 0.191. The van der Waals surface area contributed by atoms with Crippen LogP contribution in [0.1, 0.15) is 24.1 Å². The highest BCUT2D eigenvalue weighted by Gasteiger charge is 2.10. The minimum Gasteiger partial charge on any atom is -0.497 e. The summed E-state index contributed by atoms with van der Waals surface area (Å²) in [6, 6.07) is 14.4. The molecule has 0 aliphatic rings. The van der Waals surface area contributed by atoms with Crippen LogP contribution in [0, 0.1) is 6.92 Å². The second kappa shape index (κ2) is 6.33. The van der Waals surface area contributed by atoms with Crippen LogP contribution in [0.3, 0.4) is 0 Å².